The van der Waals surface area contributed by atoms with Crippen LogP contribution >= 0.6 is 0 Å². The number of amides is 2. The molecule has 0 spiro atoms. The average molecular weight is 340 g/mol. The minimum atomic E-state index is -0.216. The third-order valence-corrected chi connectivity index (χ3v) is 4.68. The smallest absolute Gasteiger partial charge is 0.322 e. The van der Waals surface area contributed by atoms with Crippen molar-refractivity contribution in [2.75, 3.05) is 30.4 Å². The van der Waals surface area contributed by atoms with Gasteiger partial charge in [-0.2, -0.15) is 0 Å². The molecule has 0 aliphatic carbocycles. The van der Waals surface area contributed by atoms with Gasteiger partial charge in [-0.05, 0) is 49.6 Å². The number of urea groups is 1. The molecule has 2 aromatic rings. The first-order valence-electron chi connectivity index (χ1n) is 8.58. The normalized spacial score (nSPS) is 15.0. The van der Waals surface area contributed by atoms with Crippen LogP contribution in [0.5, 0.6) is 5.75 Å². The van der Waals surface area contributed by atoms with Crippen molar-refractivity contribution in [2.45, 2.75) is 25.8 Å². The second-order valence-electron chi connectivity index (χ2n) is 6.41. The Morgan fingerprint density at radius 2 is 2.04 bits per heavy atom. The van der Waals surface area contributed by atoms with Crippen molar-refractivity contribution in [3.63, 3.8) is 0 Å². The number of hydrogen-bond acceptors (Lipinski definition) is 4. The highest BCUT2D eigenvalue weighted by Gasteiger charge is 2.18. The minimum Gasteiger partial charge on any atom is -0.508 e. The summed E-state index contributed by atoms with van der Waals surface area (Å²) in [6, 6.07) is 10.4. The summed E-state index contributed by atoms with van der Waals surface area (Å²) >= 11 is 0. The van der Waals surface area contributed by atoms with Gasteiger partial charge in [-0.3, -0.25) is 0 Å². The number of aromatic nitrogens is 1. The number of carbonyl (C=O) groups is 1. The zero-order valence-electron chi connectivity index (χ0n) is 14.6. The van der Waals surface area contributed by atoms with Crippen molar-refractivity contribution in [3.8, 4) is 5.75 Å². The van der Waals surface area contributed by atoms with Gasteiger partial charge >= 0.3 is 6.03 Å². The number of anilines is 2. The number of carbonyl (C=O) groups excluding carboxylic acids is 1. The van der Waals surface area contributed by atoms with Crippen LogP contribution < -0.4 is 10.2 Å². The van der Waals surface area contributed by atoms with Gasteiger partial charge in [0.1, 0.15) is 11.6 Å². The maximum absolute atomic E-state index is 12.5. The molecular formula is C19H24N4O2. The van der Waals surface area contributed by atoms with E-state index in [9.17, 15) is 9.90 Å². The molecule has 0 bridgehead atoms. The second-order valence-corrected chi connectivity index (χ2v) is 6.41. The summed E-state index contributed by atoms with van der Waals surface area (Å²) in [6.07, 6.45) is 4.11. The van der Waals surface area contributed by atoms with E-state index in [0.717, 1.165) is 24.5 Å². The van der Waals surface area contributed by atoms with Crippen LogP contribution in [0.3, 0.4) is 0 Å². The second kappa shape index (κ2) is 7.42. The molecule has 0 radical (unpaired) electrons. The molecule has 3 rings (SSSR count). The highest BCUT2D eigenvalue weighted by molar-refractivity contribution is 5.89. The minimum absolute atomic E-state index is 0.163. The summed E-state index contributed by atoms with van der Waals surface area (Å²) in [5, 5.41) is 12.5. The van der Waals surface area contributed by atoms with Crippen LogP contribution in [0.2, 0.25) is 0 Å². The van der Waals surface area contributed by atoms with Gasteiger partial charge in [0.25, 0.3) is 0 Å². The van der Waals surface area contributed by atoms with Gasteiger partial charge in [0.05, 0.1) is 17.9 Å². The molecule has 1 aliphatic rings. The van der Waals surface area contributed by atoms with Crippen LogP contribution in [0, 0.1) is 0 Å². The lowest BCUT2D eigenvalue weighted by Gasteiger charge is -2.25. The number of aromatic hydroxyl groups is 1. The number of benzene rings is 1. The van der Waals surface area contributed by atoms with Gasteiger partial charge in [0.2, 0.25) is 0 Å². The molecule has 1 aromatic carbocycles. The largest absolute Gasteiger partial charge is 0.508 e. The van der Waals surface area contributed by atoms with Gasteiger partial charge in [0, 0.05) is 20.1 Å². The Balaban J connectivity index is 1.62. The monoisotopic (exact) mass is 340 g/mol. The van der Waals surface area contributed by atoms with Crippen LogP contribution in [0.1, 0.15) is 31.4 Å². The number of pyridine rings is 1. The topological polar surface area (TPSA) is 68.7 Å². The molecule has 1 saturated heterocycles. The van der Waals surface area contributed by atoms with E-state index in [1.54, 1.807) is 36.3 Å². The summed E-state index contributed by atoms with van der Waals surface area (Å²) < 4.78 is 0. The fourth-order valence-electron chi connectivity index (χ4n) is 2.99. The Hall–Kier alpha value is -2.76. The van der Waals surface area contributed by atoms with Gasteiger partial charge in [-0.15, -0.1) is 0 Å². The van der Waals surface area contributed by atoms with Gasteiger partial charge in [-0.1, -0.05) is 12.1 Å². The number of nitrogens with zero attached hydrogens (tertiary/aromatic N) is 3. The zero-order valence-corrected chi connectivity index (χ0v) is 14.6. The fraction of sp³-hybridized carbons (Fsp3) is 0.368. The first-order chi connectivity index (χ1) is 12.0. The average Bonchev–Trinajstić information content (AvgIpc) is 3.15. The first kappa shape index (κ1) is 17.1. The van der Waals surface area contributed by atoms with Crippen molar-refractivity contribution in [2.24, 2.45) is 0 Å². The van der Waals surface area contributed by atoms with E-state index in [1.165, 1.54) is 12.8 Å². The molecule has 2 heterocycles. The maximum atomic E-state index is 12.5. The van der Waals surface area contributed by atoms with Crippen molar-refractivity contribution >= 4 is 17.5 Å². The molecule has 2 amide bonds. The predicted molar refractivity (Wildman–Crippen MR) is 99.0 cm³/mol. The number of hydrogen-bond donors (Lipinski definition) is 2. The van der Waals surface area contributed by atoms with Crippen LogP contribution in [-0.4, -0.2) is 41.2 Å². The number of rotatable bonds is 4. The fourth-order valence-corrected chi connectivity index (χ4v) is 2.99. The first-order valence-corrected chi connectivity index (χ1v) is 8.58. The molecule has 6 nitrogen and oxygen atoms in total. The van der Waals surface area contributed by atoms with E-state index >= 15 is 0 Å². The molecule has 1 aromatic heterocycles. The van der Waals surface area contributed by atoms with Crippen LogP contribution in [0.4, 0.5) is 16.3 Å². The van der Waals surface area contributed by atoms with Gasteiger partial charge < -0.3 is 20.2 Å². The Kier molecular flexibility index (Phi) is 5.07. The molecule has 132 valence electrons. The molecule has 1 aliphatic heterocycles. The molecule has 1 fully saturated rings. The number of phenols is 1. The summed E-state index contributed by atoms with van der Waals surface area (Å²) in [5.41, 5.74) is 1.54. The summed E-state index contributed by atoms with van der Waals surface area (Å²) in [7, 11) is 1.73. The van der Waals surface area contributed by atoms with E-state index < -0.39 is 0 Å². The third-order valence-electron chi connectivity index (χ3n) is 4.68. The van der Waals surface area contributed by atoms with Crippen LogP contribution in [0.15, 0.2) is 42.6 Å². The van der Waals surface area contributed by atoms with Crippen LogP contribution in [0.25, 0.3) is 0 Å². The highest BCUT2D eigenvalue weighted by Crippen LogP contribution is 2.23. The Bertz CT molecular complexity index is 726. The molecule has 25 heavy (non-hydrogen) atoms. The summed E-state index contributed by atoms with van der Waals surface area (Å²) in [6.45, 7) is 4.01. The van der Waals surface area contributed by atoms with E-state index in [2.05, 4.69) is 15.2 Å². The molecule has 1 atom stereocenters. The Morgan fingerprint density at radius 3 is 2.68 bits per heavy atom. The van der Waals surface area contributed by atoms with Gasteiger partial charge in [0.15, 0.2) is 0 Å². The molecule has 0 saturated carbocycles. The van der Waals surface area contributed by atoms with Crippen molar-refractivity contribution < 1.29 is 9.90 Å². The maximum Gasteiger partial charge on any atom is 0.322 e. The Morgan fingerprint density at radius 1 is 1.28 bits per heavy atom. The SMILES string of the molecule is CC(c1cccc(O)c1)N(C)C(=O)Nc1ccc(N2CCCC2)nc1. The van der Waals surface area contributed by atoms with Crippen molar-refractivity contribution in [3.05, 3.63) is 48.2 Å². The third kappa shape index (κ3) is 4.02. The highest BCUT2D eigenvalue weighted by atomic mass is 16.3. The molecule has 1 unspecified atom stereocenters. The number of phenolic OH excluding ortho intramolecular Hbond substituents is 1. The van der Waals surface area contributed by atoms with Crippen molar-refractivity contribution in [1.29, 1.82) is 0 Å². The van der Waals surface area contributed by atoms with E-state index in [-0.39, 0.29) is 17.8 Å². The van der Waals surface area contributed by atoms with E-state index in [0.29, 0.717) is 5.69 Å². The molecule has 2 N–H and O–H groups in total. The van der Waals surface area contributed by atoms with Gasteiger partial charge in [-0.25, -0.2) is 9.78 Å². The van der Waals surface area contributed by atoms with Crippen LogP contribution in [-0.2, 0) is 0 Å². The zero-order chi connectivity index (χ0) is 17.8. The lowest BCUT2D eigenvalue weighted by atomic mass is 10.1. The van der Waals surface area contributed by atoms with Crippen molar-refractivity contribution in [1.82, 2.24) is 9.88 Å². The van der Waals surface area contributed by atoms with E-state index in [4.69, 9.17) is 0 Å². The summed E-state index contributed by atoms with van der Waals surface area (Å²) in [5.74, 6) is 1.15. The standard InChI is InChI=1S/C19H24N4O2/c1-14(15-6-5-7-17(24)12-15)22(2)19(25)21-16-8-9-18(20-13-16)23-10-3-4-11-23/h5-9,12-14,24H,3-4,10-11H2,1-2H3,(H,21,25). The predicted octanol–water partition coefficient (Wildman–Crippen LogP) is 3.61. The summed E-state index contributed by atoms with van der Waals surface area (Å²) in [4.78, 5) is 20.8. The number of nitrogens with one attached hydrogen (secondary N) is 1. The lowest BCUT2D eigenvalue weighted by Crippen LogP contribution is -2.33. The molecular weight excluding hydrogens is 316 g/mol. The van der Waals surface area contributed by atoms with E-state index in [1.807, 2.05) is 25.1 Å². The Labute approximate surface area is 148 Å². The lowest BCUT2D eigenvalue weighted by molar-refractivity contribution is 0.208. The molecule has 6 heteroatoms. The quantitative estimate of drug-likeness (QED) is 0.892.